The van der Waals surface area contributed by atoms with E-state index in [9.17, 15) is 4.39 Å². The van der Waals surface area contributed by atoms with Crippen molar-refractivity contribution in [1.82, 2.24) is 0 Å². The van der Waals surface area contributed by atoms with Crippen molar-refractivity contribution in [3.8, 4) is 5.75 Å². The molecule has 1 rings (SSSR count). The Morgan fingerprint density at radius 2 is 2.09 bits per heavy atom. The lowest BCUT2D eigenvalue weighted by Gasteiger charge is -2.00. The summed E-state index contributed by atoms with van der Waals surface area (Å²) in [4.78, 5) is 0. The Morgan fingerprint density at radius 1 is 1.45 bits per heavy atom. The van der Waals surface area contributed by atoms with E-state index < -0.39 is 11.6 Å². The van der Waals surface area contributed by atoms with Crippen LogP contribution in [-0.2, 0) is 6.61 Å². The number of phenolic OH excluding ortho intramolecular Hbond substituents is 1. The minimum atomic E-state index is -0.818. The van der Waals surface area contributed by atoms with Crippen LogP contribution in [0, 0.1) is 5.82 Å². The first-order chi connectivity index (χ1) is 5.15. The molecular formula is C7H6ClFO2. The smallest absolute Gasteiger partial charge is 0.170 e. The normalized spacial score (nSPS) is 10.1. The van der Waals surface area contributed by atoms with Crippen molar-refractivity contribution < 1.29 is 14.6 Å². The molecule has 0 bridgehead atoms. The summed E-state index contributed by atoms with van der Waals surface area (Å²) >= 11 is 5.40. The largest absolute Gasteiger partial charge is 0.504 e. The van der Waals surface area contributed by atoms with Gasteiger partial charge in [0, 0.05) is 0 Å². The number of halogens is 2. The molecule has 0 aliphatic heterocycles. The maximum Gasteiger partial charge on any atom is 0.170 e. The van der Waals surface area contributed by atoms with E-state index in [1.165, 1.54) is 6.07 Å². The fraction of sp³-hybridized carbons (Fsp3) is 0.143. The predicted molar refractivity (Wildman–Crippen MR) is 39.0 cm³/mol. The second kappa shape index (κ2) is 3.07. The average molecular weight is 177 g/mol. The molecule has 0 unspecified atom stereocenters. The van der Waals surface area contributed by atoms with Gasteiger partial charge in [-0.2, -0.15) is 0 Å². The van der Waals surface area contributed by atoms with E-state index in [1.807, 2.05) is 0 Å². The van der Waals surface area contributed by atoms with Crippen LogP contribution in [0.25, 0.3) is 0 Å². The highest BCUT2D eigenvalue weighted by Gasteiger charge is 2.06. The molecule has 0 aliphatic carbocycles. The second-order valence-electron chi connectivity index (χ2n) is 2.07. The molecule has 0 fully saturated rings. The molecule has 0 saturated heterocycles. The summed E-state index contributed by atoms with van der Waals surface area (Å²) in [5.74, 6) is -1.40. The lowest BCUT2D eigenvalue weighted by Crippen LogP contribution is -1.86. The number of phenols is 1. The van der Waals surface area contributed by atoms with Gasteiger partial charge in [0.2, 0.25) is 0 Å². The minimum Gasteiger partial charge on any atom is -0.504 e. The molecule has 0 radical (unpaired) electrons. The summed E-state index contributed by atoms with van der Waals surface area (Å²) < 4.78 is 12.6. The van der Waals surface area contributed by atoms with Crippen LogP contribution in [0.2, 0.25) is 5.02 Å². The SMILES string of the molecule is OCc1cc(F)c(O)c(Cl)c1. The lowest BCUT2D eigenvalue weighted by atomic mass is 10.2. The van der Waals surface area contributed by atoms with Crippen molar-refractivity contribution in [1.29, 1.82) is 0 Å². The Balaban J connectivity index is 3.21. The maximum atomic E-state index is 12.6. The van der Waals surface area contributed by atoms with E-state index in [-0.39, 0.29) is 11.6 Å². The van der Waals surface area contributed by atoms with Crippen molar-refractivity contribution in [3.05, 3.63) is 28.5 Å². The third-order valence-electron chi connectivity index (χ3n) is 1.26. The monoisotopic (exact) mass is 176 g/mol. The summed E-state index contributed by atoms with van der Waals surface area (Å²) in [7, 11) is 0. The van der Waals surface area contributed by atoms with Gasteiger partial charge in [-0.3, -0.25) is 0 Å². The quantitative estimate of drug-likeness (QED) is 0.684. The molecular weight excluding hydrogens is 171 g/mol. The van der Waals surface area contributed by atoms with Gasteiger partial charge in [-0.15, -0.1) is 0 Å². The first-order valence-electron chi connectivity index (χ1n) is 2.93. The van der Waals surface area contributed by atoms with Crippen molar-refractivity contribution in [2.24, 2.45) is 0 Å². The number of aliphatic hydroxyl groups is 1. The minimum absolute atomic E-state index is 0.0888. The molecule has 0 aliphatic rings. The Labute approximate surface area is 67.9 Å². The van der Waals surface area contributed by atoms with E-state index in [1.54, 1.807) is 0 Å². The summed E-state index contributed by atoms with van der Waals surface area (Å²) in [5, 5.41) is 17.3. The molecule has 0 amide bonds. The van der Waals surface area contributed by atoms with Crippen molar-refractivity contribution in [2.75, 3.05) is 0 Å². The van der Waals surface area contributed by atoms with Crippen LogP contribution in [0.5, 0.6) is 5.75 Å². The van der Waals surface area contributed by atoms with E-state index in [0.29, 0.717) is 5.56 Å². The third-order valence-corrected chi connectivity index (χ3v) is 1.55. The summed E-state index contributed by atoms with van der Waals surface area (Å²) in [6.45, 7) is -0.295. The lowest BCUT2D eigenvalue weighted by molar-refractivity contribution is 0.281. The van der Waals surface area contributed by atoms with Crippen LogP contribution in [0.1, 0.15) is 5.56 Å². The van der Waals surface area contributed by atoms with Crippen LogP contribution in [0.3, 0.4) is 0 Å². The van der Waals surface area contributed by atoms with Gasteiger partial charge in [0.15, 0.2) is 11.6 Å². The summed E-state index contributed by atoms with van der Waals surface area (Å²) in [6.07, 6.45) is 0. The van der Waals surface area contributed by atoms with Gasteiger partial charge in [-0.1, -0.05) is 11.6 Å². The van der Waals surface area contributed by atoms with Crippen molar-refractivity contribution in [2.45, 2.75) is 6.61 Å². The van der Waals surface area contributed by atoms with Crippen LogP contribution in [0.15, 0.2) is 12.1 Å². The van der Waals surface area contributed by atoms with E-state index in [0.717, 1.165) is 6.07 Å². The zero-order chi connectivity index (χ0) is 8.43. The molecule has 11 heavy (non-hydrogen) atoms. The number of benzene rings is 1. The van der Waals surface area contributed by atoms with Crippen LogP contribution in [-0.4, -0.2) is 10.2 Å². The molecule has 4 heteroatoms. The van der Waals surface area contributed by atoms with Gasteiger partial charge < -0.3 is 10.2 Å². The third kappa shape index (κ3) is 1.61. The molecule has 0 atom stereocenters. The molecule has 1 aromatic carbocycles. The van der Waals surface area contributed by atoms with Gasteiger partial charge in [0.05, 0.1) is 11.6 Å². The Morgan fingerprint density at radius 3 is 2.55 bits per heavy atom. The highest BCUT2D eigenvalue weighted by atomic mass is 35.5. The topological polar surface area (TPSA) is 40.5 Å². The molecule has 2 N–H and O–H groups in total. The number of hydrogen-bond acceptors (Lipinski definition) is 2. The first kappa shape index (κ1) is 8.30. The Bertz CT molecular complexity index is 252. The fourth-order valence-electron chi connectivity index (χ4n) is 0.709. The van der Waals surface area contributed by atoms with E-state index in [4.69, 9.17) is 21.8 Å². The van der Waals surface area contributed by atoms with Crippen molar-refractivity contribution >= 4 is 11.6 Å². The van der Waals surface area contributed by atoms with Crippen molar-refractivity contribution in [3.63, 3.8) is 0 Å². The van der Waals surface area contributed by atoms with Gasteiger partial charge in [-0.05, 0) is 17.7 Å². The molecule has 60 valence electrons. The van der Waals surface area contributed by atoms with E-state index >= 15 is 0 Å². The van der Waals surface area contributed by atoms with Crippen LogP contribution < -0.4 is 0 Å². The van der Waals surface area contributed by atoms with Gasteiger partial charge in [0.25, 0.3) is 0 Å². The second-order valence-corrected chi connectivity index (χ2v) is 2.47. The number of aromatic hydroxyl groups is 1. The molecule has 0 spiro atoms. The predicted octanol–water partition coefficient (Wildman–Crippen LogP) is 1.68. The number of aliphatic hydroxyl groups excluding tert-OH is 1. The molecule has 0 aromatic heterocycles. The summed E-state index contributed by atoms with van der Waals surface area (Å²) in [6, 6.07) is 2.33. The van der Waals surface area contributed by atoms with Gasteiger partial charge in [0.1, 0.15) is 0 Å². The Kier molecular flexibility index (Phi) is 2.31. The highest BCUT2D eigenvalue weighted by molar-refractivity contribution is 6.32. The number of hydrogen-bond donors (Lipinski definition) is 2. The highest BCUT2D eigenvalue weighted by Crippen LogP contribution is 2.27. The fourth-order valence-corrected chi connectivity index (χ4v) is 0.940. The molecule has 0 heterocycles. The van der Waals surface area contributed by atoms with Crippen LogP contribution >= 0.6 is 11.6 Å². The Hall–Kier alpha value is -0.800. The molecule has 1 aromatic rings. The molecule has 2 nitrogen and oxygen atoms in total. The average Bonchev–Trinajstić information content (AvgIpc) is 1.99. The van der Waals surface area contributed by atoms with Gasteiger partial charge in [-0.25, -0.2) is 4.39 Å². The zero-order valence-corrected chi connectivity index (χ0v) is 6.27. The standard InChI is InChI=1S/C7H6ClFO2/c8-5-1-4(3-10)2-6(9)7(5)11/h1-2,10-11H,3H2. The van der Waals surface area contributed by atoms with Crippen LogP contribution in [0.4, 0.5) is 4.39 Å². The molecule has 0 saturated carbocycles. The maximum absolute atomic E-state index is 12.6. The zero-order valence-electron chi connectivity index (χ0n) is 5.51. The first-order valence-corrected chi connectivity index (χ1v) is 3.30. The van der Waals surface area contributed by atoms with Gasteiger partial charge >= 0.3 is 0 Å². The van der Waals surface area contributed by atoms with E-state index in [2.05, 4.69) is 0 Å². The summed E-state index contributed by atoms with van der Waals surface area (Å²) in [5.41, 5.74) is 0.338. The number of rotatable bonds is 1.